The van der Waals surface area contributed by atoms with E-state index in [2.05, 4.69) is 36.0 Å². The molecule has 0 unspecified atom stereocenters. The van der Waals surface area contributed by atoms with Crippen LogP contribution in [0, 0.1) is 5.92 Å². The van der Waals surface area contributed by atoms with E-state index in [0.29, 0.717) is 0 Å². The lowest BCUT2D eigenvalue weighted by atomic mass is 9.96. The molecule has 2 rings (SSSR count). The van der Waals surface area contributed by atoms with E-state index in [9.17, 15) is 0 Å². The highest BCUT2D eigenvalue weighted by Gasteiger charge is 2.17. The Labute approximate surface area is 111 Å². The second-order valence-electron chi connectivity index (χ2n) is 5.68. The summed E-state index contributed by atoms with van der Waals surface area (Å²) in [6.45, 7) is 4.73. The first-order chi connectivity index (χ1) is 8.63. The summed E-state index contributed by atoms with van der Waals surface area (Å²) >= 11 is 0. The molecule has 1 fully saturated rings. The molecule has 0 bridgehead atoms. The summed E-state index contributed by atoms with van der Waals surface area (Å²) in [6, 6.07) is 8.22. The zero-order chi connectivity index (χ0) is 13.0. The summed E-state index contributed by atoms with van der Waals surface area (Å²) in [7, 11) is 4.43. The normalized spacial score (nSPS) is 18.4. The summed E-state index contributed by atoms with van der Waals surface area (Å²) in [5, 5.41) is 0. The summed E-state index contributed by atoms with van der Waals surface area (Å²) < 4.78 is 0. The van der Waals surface area contributed by atoms with Gasteiger partial charge in [-0.05, 0) is 63.6 Å². The number of nitrogens with zero attached hydrogens (tertiary/aromatic N) is 2. The van der Waals surface area contributed by atoms with Crippen LogP contribution in [0.1, 0.15) is 18.4 Å². The van der Waals surface area contributed by atoms with Crippen LogP contribution in [0.15, 0.2) is 24.3 Å². The summed E-state index contributed by atoms with van der Waals surface area (Å²) in [6.07, 6.45) is 2.67. The highest BCUT2D eigenvalue weighted by molar-refractivity contribution is 5.39. The largest absolute Gasteiger partial charge is 0.399 e. The molecule has 2 N–H and O–H groups in total. The zero-order valence-corrected chi connectivity index (χ0v) is 11.6. The fourth-order valence-electron chi connectivity index (χ4n) is 2.68. The molecule has 0 aliphatic carbocycles. The van der Waals surface area contributed by atoms with Crippen molar-refractivity contribution in [1.29, 1.82) is 0 Å². The molecular weight excluding hydrogens is 222 g/mol. The molecule has 3 nitrogen and oxygen atoms in total. The van der Waals surface area contributed by atoms with Crippen LogP contribution in [0.3, 0.4) is 0 Å². The van der Waals surface area contributed by atoms with Crippen molar-refractivity contribution >= 4 is 5.69 Å². The van der Waals surface area contributed by atoms with Crippen molar-refractivity contribution in [3.8, 4) is 0 Å². The maximum Gasteiger partial charge on any atom is 0.0314 e. The van der Waals surface area contributed by atoms with Crippen LogP contribution in [-0.2, 0) is 6.54 Å². The summed E-state index contributed by atoms with van der Waals surface area (Å²) in [5.74, 6) is 0.861. The molecule has 0 radical (unpaired) electrons. The van der Waals surface area contributed by atoms with E-state index >= 15 is 0 Å². The number of likely N-dealkylation sites (tertiary alicyclic amines) is 1. The van der Waals surface area contributed by atoms with Gasteiger partial charge in [-0.3, -0.25) is 0 Å². The molecule has 1 aromatic carbocycles. The van der Waals surface area contributed by atoms with E-state index in [1.54, 1.807) is 0 Å². The Morgan fingerprint density at radius 1 is 1.22 bits per heavy atom. The van der Waals surface area contributed by atoms with Gasteiger partial charge in [0.2, 0.25) is 0 Å². The molecule has 100 valence electrons. The molecule has 0 amide bonds. The number of hydrogen-bond acceptors (Lipinski definition) is 3. The maximum absolute atomic E-state index is 5.70. The number of rotatable bonds is 4. The van der Waals surface area contributed by atoms with Gasteiger partial charge in [0, 0.05) is 18.8 Å². The number of piperidine rings is 1. The molecule has 1 heterocycles. The molecule has 1 aliphatic heterocycles. The van der Waals surface area contributed by atoms with E-state index in [0.717, 1.165) is 18.2 Å². The first kappa shape index (κ1) is 13.4. The monoisotopic (exact) mass is 247 g/mol. The van der Waals surface area contributed by atoms with Gasteiger partial charge in [0.15, 0.2) is 0 Å². The SMILES string of the molecule is CN1CCC(CN(C)Cc2ccc(N)cc2)CC1. The molecule has 0 atom stereocenters. The first-order valence-corrected chi connectivity index (χ1v) is 6.85. The van der Waals surface area contributed by atoms with Gasteiger partial charge in [-0.25, -0.2) is 0 Å². The zero-order valence-electron chi connectivity index (χ0n) is 11.6. The van der Waals surface area contributed by atoms with E-state index in [-0.39, 0.29) is 0 Å². The highest BCUT2D eigenvalue weighted by Crippen LogP contribution is 2.17. The van der Waals surface area contributed by atoms with Crippen LogP contribution in [0.2, 0.25) is 0 Å². The van der Waals surface area contributed by atoms with Gasteiger partial charge in [-0.15, -0.1) is 0 Å². The van der Waals surface area contributed by atoms with Crippen LogP contribution in [0.5, 0.6) is 0 Å². The van der Waals surface area contributed by atoms with Crippen LogP contribution in [-0.4, -0.2) is 43.5 Å². The second kappa shape index (κ2) is 6.21. The predicted molar refractivity (Wildman–Crippen MR) is 77.4 cm³/mol. The molecule has 0 aromatic heterocycles. The standard InChI is InChI=1S/C15H25N3/c1-17-9-7-14(8-10-17)12-18(2)11-13-3-5-15(16)6-4-13/h3-6,14H,7-12,16H2,1-2H3. The van der Waals surface area contributed by atoms with Crippen molar-refractivity contribution < 1.29 is 0 Å². The minimum atomic E-state index is 0.844. The number of anilines is 1. The Hall–Kier alpha value is -1.06. The lowest BCUT2D eigenvalue weighted by molar-refractivity contribution is 0.173. The number of nitrogen functional groups attached to an aromatic ring is 1. The molecule has 1 aliphatic rings. The molecular formula is C15H25N3. The van der Waals surface area contributed by atoms with Crippen molar-refractivity contribution in [2.75, 3.05) is 39.5 Å². The number of benzene rings is 1. The maximum atomic E-state index is 5.70. The van der Waals surface area contributed by atoms with Gasteiger partial charge in [0.1, 0.15) is 0 Å². The Morgan fingerprint density at radius 3 is 2.44 bits per heavy atom. The van der Waals surface area contributed by atoms with Gasteiger partial charge >= 0.3 is 0 Å². The minimum Gasteiger partial charge on any atom is -0.399 e. The molecule has 1 aromatic rings. The van der Waals surface area contributed by atoms with Crippen molar-refractivity contribution in [1.82, 2.24) is 9.80 Å². The van der Waals surface area contributed by atoms with Crippen molar-refractivity contribution in [3.63, 3.8) is 0 Å². The molecule has 3 heteroatoms. The lowest BCUT2D eigenvalue weighted by Crippen LogP contribution is -2.35. The number of nitrogens with two attached hydrogens (primary N) is 1. The van der Waals surface area contributed by atoms with E-state index in [4.69, 9.17) is 5.73 Å². The highest BCUT2D eigenvalue weighted by atomic mass is 15.1. The minimum absolute atomic E-state index is 0.844. The average Bonchev–Trinajstić information content (AvgIpc) is 2.35. The van der Waals surface area contributed by atoms with Gasteiger partial charge in [-0.2, -0.15) is 0 Å². The van der Waals surface area contributed by atoms with E-state index in [1.807, 2.05) is 12.1 Å². The Balaban J connectivity index is 1.78. The fourth-order valence-corrected chi connectivity index (χ4v) is 2.68. The molecule has 0 spiro atoms. The molecule has 18 heavy (non-hydrogen) atoms. The van der Waals surface area contributed by atoms with Gasteiger partial charge in [0.05, 0.1) is 0 Å². The van der Waals surface area contributed by atoms with Crippen LogP contribution >= 0.6 is 0 Å². The Bertz CT molecular complexity index is 353. The first-order valence-electron chi connectivity index (χ1n) is 6.85. The lowest BCUT2D eigenvalue weighted by Gasteiger charge is -2.31. The second-order valence-corrected chi connectivity index (χ2v) is 5.68. The van der Waals surface area contributed by atoms with E-state index in [1.165, 1.54) is 38.0 Å². The molecule has 1 saturated heterocycles. The predicted octanol–water partition coefficient (Wildman–Crippen LogP) is 2.04. The Morgan fingerprint density at radius 2 is 1.83 bits per heavy atom. The van der Waals surface area contributed by atoms with Crippen LogP contribution in [0.4, 0.5) is 5.69 Å². The Kier molecular flexibility index (Phi) is 4.61. The van der Waals surface area contributed by atoms with Crippen LogP contribution in [0.25, 0.3) is 0 Å². The summed E-state index contributed by atoms with van der Waals surface area (Å²) in [4.78, 5) is 4.86. The third-order valence-corrected chi connectivity index (χ3v) is 3.84. The smallest absolute Gasteiger partial charge is 0.0314 e. The number of hydrogen-bond donors (Lipinski definition) is 1. The summed E-state index contributed by atoms with van der Waals surface area (Å²) in [5.41, 5.74) is 7.89. The average molecular weight is 247 g/mol. The van der Waals surface area contributed by atoms with E-state index < -0.39 is 0 Å². The third kappa shape index (κ3) is 4.00. The quantitative estimate of drug-likeness (QED) is 0.827. The van der Waals surface area contributed by atoms with Gasteiger partial charge in [0.25, 0.3) is 0 Å². The van der Waals surface area contributed by atoms with Crippen molar-refractivity contribution in [3.05, 3.63) is 29.8 Å². The van der Waals surface area contributed by atoms with Gasteiger partial charge < -0.3 is 15.5 Å². The van der Waals surface area contributed by atoms with Crippen LogP contribution < -0.4 is 5.73 Å². The topological polar surface area (TPSA) is 32.5 Å². The van der Waals surface area contributed by atoms with Gasteiger partial charge in [-0.1, -0.05) is 12.1 Å². The third-order valence-electron chi connectivity index (χ3n) is 3.84. The fraction of sp³-hybridized carbons (Fsp3) is 0.600. The molecule has 0 saturated carbocycles. The van der Waals surface area contributed by atoms with Crippen molar-refractivity contribution in [2.24, 2.45) is 5.92 Å². The van der Waals surface area contributed by atoms with Crippen molar-refractivity contribution in [2.45, 2.75) is 19.4 Å².